The quantitative estimate of drug-likeness (QED) is 0.801. The van der Waals surface area contributed by atoms with Crippen molar-refractivity contribution in [3.05, 3.63) is 0 Å². The molecule has 2 aliphatic rings. The molecule has 2 N–H and O–H groups in total. The lowest BCUT2D eigenvalue weighted by molar-refractivity contribution is -0.138. The lowest BCUT2D eigenvalue weighted by atomic mass is 9.88. The van der Waals surface area contributed by atoms with Crippen LogP contribution in [-0.4, -0.2) is 53.8 Å². The zero-order valence-electron chi connectivity index (χ0n) is 12.2. The molecule has 0 spiro atoms. The van der Waals surface area contributed by atoms with Gasteiger partial charge in [0.1, 0.15) is 0 Å². The van der Waals surface area contributed by atoms with Crippen molar-refractivity contribution < 1.29 is 19.4 Å². The molecule has 6 heteroatoms. The maximum atomic E-state index is 12.3. The van der Waals surface area contributed by atoms with E-state index in [9.17, 15) is 9.59 Å². The standard InChI is InChI=1S/C14H24N2O4/c1-9(8-20-2)15-14(19)16-11-3-4-12(16)6-10(5-11)7-13(17)18/h9-12H,3-8H2,1-2H3,(H,15,19)(H,17,18). The Kier molecular flexibility index (Phi) is 4.86. The third kappa shape index (κ3) is 3.42. The number of nitrogens with one attached hydrogen (secondary N) is 1. The van der Waals surface area contributed by atoms with Gasteiger partial charge in [-0.1, -0.05) is 0 Å². The van der Waals surface area contributed by atoms with Crippen LogP contribution in [0.4, 0.5) is 4.79 Å². The maximum Gasteiger partial charge on any atom is 0.318 e. The summed E-state index contributed by atoms with van der Waals surface area (Å²) < 4.78 is 5.02. The van der Waals surface area contributed by atoms with Crippen LogP contribution in [-0.2, 0) is 9.53 Å². The first-order valence-corrected chi connectivity index (χ1v) is 7.30. The van der Waals surface area contributed by atoms with Crippen molar-refractivity contribution in [3.63, 3.8) is 0 Å². The minimum atomic E-state index is -0.735. The van der Waals surface area contributed by atoms with Gasteiger partial charge in [0.25, 0.3) is 0 Å². The van der Waals surface area contributed by atoms with Crippen LogP contribution >= 0.6 is 0 Å². The van der Waals surface area contributed by atoms with Gasteiger partial charge in [-0.25, -0.2) is 4.79 Å². The zero-order valence-corrected chi connectivity index (χ0v) is 12.2. The first-order chi connectivity index (χ1) is 9.51. The normalized spacial score (nSPS) is 30.1. The Balaban J connectivity index is 1.91. The zero-order chi connectivity index (χ0) is 14.7. The fourth-order valence-electron chi connectivity index (χ4n) is 3.61. The highest BCUT2D eigenvalue weighted by Crippen LogP contribution is 2.39. The molecule has 0 saturated carbocycles. The molecule has 0 aromatic heterocycles. The van der Waals surface area contributed by atoms with E-state index in [1.54, 1.807) is 7.11 Å². The predicted molar refractivity (Wildman–Crippen MR) is 73.5 cm³/mol. The van der Waals surface area contributed by atoms with Crippen molar-refractivity contribution in [1.82, 2.24) is 10.2 Å². The van der Waals surface area contributed by atoms with Gasteiger partial charge in [0, 0.05) is 25.6 Å². The van der Waals surface area contributed by atoms with Crippen molar-refractivity contribution in [2.45, 2.75) is 57.2 Å². The molecule has 0 aliphatic carbocycles. The van der Waals surface area contributed by atoms with Crippen LogP contribution in [0.3, 0.4) is 0 Å². The second-order valence-corrected chi connectivity index (χ2v) is 6.03. The SMILES string of the molecule is COCC(C)NC(=O)N1C2CCC1CC(CC(=O)O)C2. The second-order valence-electron chi connectivity index (χ2n) is 6.03. The van der Waals surface area contributed by atoms with Crippen molar-refractivity contribution in [2.24, 2.45) is 5.92 Å². The lowest BCUT2D eigenvalue weighted by Gasteiger charge is -2.39. The van der Waals surface area contributed by atoms with Crippen LogP contribution in [0.5, 0.6) is 0 Å². The molecule has 2 amide bonds. The number of carbonyl (C=O) groups excluding carboxylic acids is 1. The van der Waals surface area contributed by atoms with Crippen molar-refractivity contribution in [1.29, 1.82) is 0 Å². The van der Waals surface area contributed by atoms with E-state index >= 15 is 0 Å². The minimum Gasteiger partial charge on any atom is -0.481 e. The highest BCUT2D eigenvalue weighted by Gasteiger charge is 2.43. The maximum absolute atomic E-state index is 12.3. The van der Waals surface area contributed by atoms with Gasteiger partial charge in [-0.3, -0.25) is 4.79 Å². The molecule has 114 valence electrons. The van der Waals surface area contributed by atoms with Crippen LogP contribution < -0.4 is 5.32 Å². The molecular formula is C14H24N2O4. The molecule has 3 atom stereocenters. The number of urea groups is 1. The molecule has 2 aliphatic heterocycles. The molecule has 2 rings (SSSR count). The number of carboxylic acids is 1. The summed E-state index contributed by atoms with van der Waals surface area (Å²) in [6, 6.07) is 0.361. The number of ether oxygens (including phenoxy) is 1. The number of methoxy groups -OCH3 is 1. The van der Waals surface area contributed by atoms with E-state index in [1.807, 2.05) is 11.8 Å². The Morgan fingerprint density at radius 3 is 2.45 bits per heavy atom. The average Bonchev–Trinajstić information content (AvgIpc) is 2.61. The minimum absolute atomic E-state index is 0.0105. The Bertz CT molecular complexity index is 360. The number of hydrogen-bond acceptors (Lipinski definition) is 3. The summed E-state index contributed by atoms with van der Waals surface area (Å²) in [5, 5.41) is 11.9. The molecule has 2 saturated heterocycles. The summed E-state index contributed by atoms with van der Waals surface area (Å²) in [5.74, 6) is -0.522. The number of fused-ring (bicyclic) bond motifs is 2. The number of aliphatic carboxylic acids is 1. The van der Waals surface area contributed by atoms with E-state index in [0.29, 0.717) is 6.61 Å². The van der Waals surface area contributed by atoms with E-state index in [1.165, 1.54) is 0 Å². The van der Waals surface area contributed by atoms with E-state index in [2.05, 4.69) is 5.32 Å². The fourth-order valence-corrected chi connectivity index (χ4v) is 3.61. The molecule has 2 fully saturated rings. The Hall–Kier alpha value is -1.30. The van der Waals surface area contributed by atoms with Crippen LogP contribution in [0.15, 0.2) is 0 Å². The molecule has 0 aromatic carbocycles. The van der Waals surface area contributed by atoms with Crippen molar-refractivity contribution in [2.75, 3.05) is 13.7 Å². The molecule has 6 nitrogen and oxygen atoms in total. The first-order valence-electron chi connectivity index (χ1n) is 7.30. The molecule has 3 unspecified atom stereocenters. The number of piperidine rings is 1. The topological polar surface area (TPSA) is 78.9 Å². The van der Waals surface area contributed by atoms with Gasteiger partial charge in [0.15, 0.2) is 0 Å². The van der Waals surface area contributed by atoms with E-state index < -0.39 is 5.97 Å². The van der Waals surface area contributed by atoms with Crippen LogP contribution in [0.2, 0.25) is 0 Å². The molecule has 2 bridgehead atoms. The Morgan fingerprint density at radius 1 is 1.35 bits per heavy atom. The van der Waals surface area contributed by atoms with Gasteiger partial charge < -0.3 is 20.1 Å². The molecule has 0 aromatic rings. The number of hydrogen-bond donors (Lipinski definition) is 2. The lowest BCUT2D eigenvalue weighted by Crippen LogP contribution is -2.53. The van der Waals surface area contributed by atoms with Crippen LogP contribution in [0.25, 0.3) is 0 Å². The van der Waals surface area contributed by atoms with Gasteiger partial charge in [-0.15, -0.1) is 0 Å². The fraction of sp³-hybridized carbons (Fsp3) is 0.857. The monoisotopic (exact) mass is 284 g/mol. The van der Waals surface area contributed by atoms with Gasteiger partial charge in [0.2, 0.25) is 0 Å². The summed E-state index contributed by atoms with van der Waals surface area (Å²) in [4.78, 5) is 25.1. The summed E-state index contributed by atoms with van der Waals surface area (Å²) in [6.07, 6.45) is 3.84. The molecule has 20 heavy (non-hydrogen) atoms. The van der Waals surface area contributed by atoms with Gasteiger partial charge in [-0.05, 0) is 38.5 Å². The third-order valence-electron chi connectivity index (χ3n) is 4.32. The van der Waals surface area contributed by atoms with Gasteiger partial charge in [0.05, 0.1) is 12.6 Å². The van der Waals surface area contributed by atoms with Crippen LogP contribution in [0, 0.1) is 5.92 Å². The highest BCUT2D eigenvalue weighted by molar-refractivity contribution is 5.76. The average molecular weight is 284 g/mol. The van der Waals surface area contributed by atoms with Crippen molar-refractivity contribution >= 4 is 12.0 Å². The Labute approximate surface area is 119 Å². The second kappa shape index (κ2) is 6.43. The smallest absolute Gasteiger partial charge is 0.318 e. The predicted octanol–water partition coefficient (Wildman–Crippen LogP) is 1.45. The molecule has 0 radical (unpaired) electrons. The summed E-state index contributed by atoms with van der Waals surface area (Å²) in [7, 11) is 1.61. The van der Waals surface area contributed by atoms with E-state index in [-0.39, 0.29) is 36.5 Å². The largest absolute Gasteiger partial charge is 0.481 e. The number of carboxylic acid groups (broad SMARTS) is 1. The molecule has 2 heterocycles. The molecular weight excluding hydrogens is 260 g/mol. The van der Waals surface area contributed by atoms with E-state index in [4.69, 9.17) is 9.84 Å². The highest BCUT2D eigenvalue weighted by atomic mass is 16.5. The first kappa shape index (κ1) is 15.1. The number of amides is 2. The number of carbonyl (C=O) groups is 2. The summed E-state index contributed by atoms with van der Waals surface area (Å²) >= 11 is 0. The van der Waals surface area contributed by atoms with Gasteiger partial charge >= 0.3 is 12.0 Å². The summed E-state index contributed by atoms with van der Waals surface area (Å²) in [5.41, 5.74) is 0. The van der Waals surface area contributed by atoms with E-state index in [0.717, 1.165) is 25.7 Å². The van der Waals surface area contributed by atoms with Gasteiger partial charge in [-0.2, -0.15) is 0 Å². The van der Waals surface area contributed by atoms with Crippen LogP contribution in [0.1, 0.15) is 39.0 Å². The summed E-state index contributed by atoms with van der Waals surface area (Å²) in [6.45, 7) is 2.41. The van der Waals surface area contributed by atoms with Crippen molar-refractivity contribution in [3.8, 4) is 0 Å². The number of nitrogens with zero attached hydrogens (tertiary/aromatic N) is 1. The Morgan fingerprint density at radius 2 is 1.95 bits per heavy atom. The third-order valence-corrected chi connectivity index (χ3v) is 4.32. The number of rotatable bonds is 5.